The third-order valence-electron chi connectivity index (χ3n) is 4.40. The van der Waals surface area contributed by atoms with Crippen molar-refractivity contribution in [3.63, 3.8) is 0 Å². The SMILES string of the molecule is CCOc1ccccc1CNC(=NC)NCC1(CCO)CCOC1.I. The van der Waals surface area contributed by atoms with E-state index in [4.69, 9.17) is 9.47 Å². The van der Waals surface area contributed by atoms with Crippen LogP contribution in [-0.2, 0) is 11.3 Å². The minimum Gasteiger partial charge on any atom is -0.494 e. The van der Waals surface area contributed by atoms with Crippen LogP contribution in [-0.4, -0.2) is 51.1 Å². The zero-order chi connectivity index (χ0) is 17.3. The highest BCUT2D eigenvalue weighted by Gasteiger charge is 2.34. The molecule has 2 rings (SSSR count). The van der Waals surface area contributed by atoms with Crippen molar-refractivity contribution in [2.75, 3.05) is 40.0 Å². The third kappa shape index (κ3) is 6.63. The molecule has 0 radical (unpaired) electrons. The number of hydrogen-bond acceptors (Lipinski definition) is 4. The van der Waals surface area contributed by atoms with E-state index in [9.17, 15) is 5.11 Å². The predicted octanol–water partition coefficient (Wildman–Crippen LogP) is 2.16. The molecule has 1 aliphatic heterocycles. The molecule has 0 spiro atoms. The van der Waals surface area contributed by atoms with Crippen LogP contribution in [0, 0.1) is 5.41 Å². The van der Waals surface area contributed by atoms with Gasteiger partial charge >= 0.3 is 0 Å². The summed E-state index contributed by atoms with van der Waals surface area (Å²) in [5.41, 5.74) is 1.09. The van der Waals surface area contributed by atoms with E-state index in [-0.39, 0.29) is 36.0 Å². The number of hydrogen-bond donors (Lipinski definition) is 3. The number of aliphatic hydroxyl groups excluding tert-OH is 1. The summed E-state index contributed by atoms with van der Waals surface area (Å²) in [6.07, 6.45) is 1.70. The fourth-order valence-electron chi connectivity index (χ4n) is 2.93. The molecule has 1 aromatic rings. The van der Waals surface area contributed by atoms with E-state index < -0.39 is 0 Å². The predicted molar refractivity (Wildman–Crippen MR) is 111 cm³/mol. The average molecular weight is 463 g/mol. The maximum Gasteiger partial charge on any atom is 0.191 e. The number of halogens is 1. The number of benzene rings is 1. The van der Waals surface area contributed by atoms with Gasteiger partial charge < -0.3 is 25.2 Å². The highest BCUT2D eigenvalue weighted by Crippen LogP contribution is 2.31. The Kier molecular flexibility index (Phi) is 10.1. The topological polar surface area (TPSA) is 75.1 Å². The van der Waals surface area contributed by atoms with Gasteiger partial charge in [0.2, 0.25) is 0 Å². The molecule has 6 nitrogen and oxygen atoms in total. The average Bonchev–Trinajstić information content (AvgIpc) is 3.06. The first-order valence-corrected chi connectivity index (χ1v) is 8.57. The van der Waals surface area contributed by atoms with Crippen molar-refractivity contribution in [1.29, 1.82) is 0 Å². The van der Waals surface area contributed by atoms with Gasteiger partial charge in [0, 0.05) is 44.3 Å². The number of nitrogens with zero attached hydrogens (tertiary/aromatic N) is 1. The number of aliphatic hydroxyl groups is 1. The van der Waals surface area contributed by atoms with Crippen LogP contribution in [0.5, 0.6) is 5.75 Å². The molecule has 0 aliphatic carbocycles. The molecule has 1 aliphatic rings. The summed E-state index contributed by atoms with van der Waals surface area (Å²) in [5, 5.41) is 16.0. The van der Waals surface area contributed by atoms with Crippen LogP contribution < -0.4 is 15.4 Å². The van der Waals surface area contributed by atoms with Gasteiger partial charge in [-0.25, -0.2) is 0 Å². The zero-order valence-electron chi connectivity index (χ0n) is 15.1. The normalized spacial score (nSPS) is 20.0. The minimum absolute atomic E-state index is 0. The smallest absolute Gasteiger partial charge is 0.191 e. The Bertz CT molecular complexity index is 534. The summed E-state index contributed by atoms with van der Waals surface area (Å²) in [4.78, 5) is 4.28. The van der Waals surface area contributed by atoms with Crippen LogP contribution in [0.2, 0.25) is 0 Å². The van der Waals surface area contributed by atoms with Crippen LogP contribution in [0.25, 0.3) is 0 Å². The molecule has 1 fully saturated rings. The van der Waals surface area contributed by atoms with Gasteiger partial charge in [0.05, 0.1) is 13.2 Å². The highest BCUT2D eigenvalue weighted by molar-refractivity contribution is 14.0. The van der Waals surface area contributed by atoms with Gasteiger partial charge in [-0.1, -0.05) is 18.2 Å². The van der Waals surface area contributed by atoms with Gasteiger partial charge in [-0.05, 0) is 25.8 Å². The molecule has 25 heavy (non-hydrogen) atoms. The molecular weight excluding hydrogens is 433 g/mol. The van der Waals surface area contributed by atoms with Crippen LogP contribution in [0.4, 0.5) is 0 Å². The zero-order valence-corrected chi connectivity index (χ0v) is 17.4. The van der Waals surface area contributed by atoms with Crippen molar-refractivity contribution in [2.45, 2.75) is 26.3 Å². The van der Waals surface area contributed by atoms with Crippen LogP contribution in [0.1, 0.15) is 25.3 Å². The molecule has 7 heteroatoms. The lowest BCUT2D eigenvalue weighted by atomic mass is 9.84. The lowest BCUT2D eigenvalue weighted by Gasteiger charge is -2.27. The Hall–Kier alpha value is -1.06. The molecule has 1 aromatic carbocycles. The van der Waals surface area contributed by atoms with Crippen molar-refractivity contribution in [3.05, 3.63) is 29.8 Å². The van der Waals surface area contributed by atoms with Crippen molar-refractivity contribution in [2.24, 2.45) is 10.4 Å². The fraction of sp³-hybridized carbons (Fsp3) is 0.611. The quantitative estimate of drug-likeness (QED) is 0.313. The lowest BCUT2D eigenvalue weighted by Crippen LogP contribution is -2.44. The minimum atomic E-state index is -0.00437. The molecule has 0 bridgehead atoms. The number of aliphatic imine (C=N–C) groups is 1. The molecule has 0 saturated carbocycles. The lowest BCUT2D eigenvalue weighted by molar-refractivity contribution is 0.127. The molecule has 0 aromatic heterocycles. The van der Waals surface area contributed by atoms with Crippen molar-refractivity contribution in [1.82, 2.24) is 10.6 Å². The van der Waals surface area contributed by atoms with Gasteiger partial charge in [-0.2, -0.15) is 0 Å². The summed E-state index contributed by atoms with van der Waals surface area (Å²) in [5.74, 6) is 1.63. The van der Waals surface area contributed by atoms with E-state index in [0.717, 1.165) is 43.3 Å². The van der Waals surface area contributed by atoms with Crippen LogP contribution >= 0.6 is 24.0 Å². The Morgan fingerprint density at radius 2 is 2.16 bits per heavy atom. The maximum absolute atomic E-state index is 9.30. The molecule has 1 saturated heterocycles. The van der Waals surface area contributed by atoms with Gasteiger partial charge in [0.1, 0.15) is 5.75 Å². The third-order valence-corrected chi connectivity index (χ3v) is 4.40. The first kappa shape index (κ1) is 22.0. The second-order valence-corrected chi connectivity index (χ2v) is 6.10. The Morgan fingerprint density at radius 1 is 1.36 bits per heavy atom. The number of rotatable bonds is 8. The molecule has 1 atom stereocenters. The summed E-state index contributed by atoms with van der Waals surface area (Å²) in [6.45, 7) is 5.63. The number of guanidine groups is 1. The van der Waals surface area contributed by atoms with Gasteiger partial charge in [-0.3, -0.25) is 4.99 Å². The van der Waals surface area contributed by atoms with Crippen molar-refractivity contribution in [3.8, 4) is 5.75 Å². The molecule has 3 N–H and O–H groups in total. The summed E-state index contributed by atoms with van der Waals surface area (Å²) in [7, 11) is 1.76. The first-order valence-electron chi connectivity index (χ1n) is 8.57. The van der Waals surface area contributed by atoms with E-state index in [0.29, 0.717) is 19.8 Å². The Balaban J connectivity index is 0.00000312. The largest absolute Gasteiger partial charge is 0.494 e. The summed E-state index contributed by atoms with van der Waals surface area (Å²) >= 11 is 0. The van der Waals surface area contributed by atoms with Gasteiger partial charge in [-0.15, -0.1) is 24.0 Å². The maximum atomic E-state index is 9.30. The van der Waals surface area contributed by atoms with E-state index in [1.54, 1.807) is 7.05 Å². The van der Waals surface area contributed by atoms with Gasteiger partial charge in [0.25, 0.3) is 0 Å². The van der Waals surface area contributed by atoms with E-state index >= 15 is 0 Å². The van der Waals surface area contributed by atoms with Gasteiger partial charge in [0.15, 0.2) is 5.96 Å². The fourth-order valence-corrected chi connectivity index (χ4v) is 2.93. The van der Waals surface area contributed by atoms with Crippen LogP contribution in [0.3, 0.4) is 0 Å². The molecule has 0 amide bonds. The monoisotopic (exact) mass is 463 g/mol. The van der Waals surface area contributed by atoms with Crippen molar-refractivity contribution >= 4 is 29.9 Å². The van der Waals surface area contributed by atoms with E-state index in [2.05, 4.69) is 15.6 Å². The number of ether oxygens (including phenoxy) is 2. The molecule has 1 heterocycles. The standard InChI is InChI=1S/C18H29N3O3.HI/c1-3-24-16-7-5-4-6-15(16)12-20-17(19-2)21-13-18(8-10-22)9-11-23-14-18;/h4-7,22H,3,8-14H2,1-2H3,(H2,19,20,21);1H. The number of nitrogens with one attached hydrogen (secondary N) is 2. The summed E-state index contributed by atoms with van der Waals surface area (Å²) in [6, 6.07) is 7.99. The van der Waals surface area contributed by atoms with E-state index in [1.807, 2.05) is 31.2 Å². The van der Waals surface area contributed by atoms with E-state index in [1.165, 1.54) is 0 Å². The first-order chi connectivity index (χ1) is 11.7. The van der Waals surface area contributed by atoms with Crippen molar-refractivity contribution < 1.29 is 14.6 Å². The second kappa shape index (κ2) is 11.5. The molecule has 1 unspecified atom stereocenters. The second-order valence-electron chi connectivity index (χ2n) is 6.10. The molecular formula is C18H30IN3O3. The Labute approximate surface area is 167 Å². The highest BCUT2D eigenvalue weighted by atomic mass is 127. The number of para-hydroxylation sites is 1. The summed E-state index contributed by atoms with van der Waals surface area (Å²) < 4.78 is 11.2. The molecule has 142 valence electrons. The van der Waals surface area contributed by atoms with Crippen LogP contribution in [0.15, 0.2) is 29.3 Å². The Morgan fingerprint density at radius 3 is 2.80 bits per heavy atom.